The highest BCUT2D eigenvalue weighted by Crippen LogP contribution is 2.23. The predicted octanol–water partition coefficient (Wildman–Crippen LogP) is 3.66. The van der Waals surface area contributed by atoms with E-state index in [1.165, 1.54) is 12.8 Å². The number of hydrogen-bond donors (Lipinski definition) is 2. The van der Waals surface area contributed by atoms with Crippen molar-refractivity contribution in [1.29, 1.82) is 0 Å². The van der Waals surface area contributed by atoms with Crippen LogP contribution >= 0.6 is 24.8 Å². The molecule has 1 saturated heterocycles. The second-order valence-corrected chi connectivity index (χ2v) is 7.26. The predicted molar refractivity (Wildman–Crippen MR) is 106 cm³/mol. The average molecular weight is 376 g/mol. The molecule has 1 aliphatic rings. The molecule has 138 valence electrons. The van der Waals surface area contributed by atoms with Crippen LogP contribution in [0.1, 0.15) is 49.5 Å². The van der Waals surface area contributed by atoms with Gasteiger partial charge in [-0.05, 0) is 63.8 Å². The molecule has 6 heteroatoms. The molecule has 1 fully saturated rings. The lowest BCUT2D eigenvalue weighted by atomic mass is 9.93. The summed E-state index contributed by atoms with van der Waals surface area (Å²) in [6.45, 7) is 11.5. The smallest absolute Gasteiger partial charge is 0.251 e. The van der Waals surface area contributed by atoms with Gasteiger partial charge in [0, 0.05) is 29.9 Å². The zero-order valence-electron chi connectivity index (χ0n) is 15.1. The monoisotopic (exact) mass is 375 g/mol. The summed E-state index contributed by atoms with van der Waals surface area (Å²) in [6, 6.07) is 5.47. The van der Waals surface area contributed by atoms with Gasteiger partial charge in [0.1, 0.15) is 0 Å². The first kappa shape index (κ1) is 23.0. The van der Waals surface area contributed by atoms with Crippen LogP contribution in [0.3, 0.4) is 0 Å². The lowest BCUT2D eigenvalue weighted by Gasteiger charge is -2.43. The van der Waals surface area contributed by atoms with Gasteiger partial charge in [0.05, 0.1) is 0 Å². The van der Waals surface area contributed by atoms with Gasteiger partial charge < -0.3 is 11.1 Å². The third-order valence-corrected chi connectivity index (χ3v) is 4.70. The normalized spacial score (nSPS) is 18.2. The number of nitrogens with zero attached hydrogens (tertiary/aromatic N) is 1. The van der Waals surface area contributed by atoms with E-state index >= 15 is 0 Å². The zero-order chi connectivity index (χ0) is 16.3. The van der Waals surface area contributed by atoms with E-state index in [0.717, 1.165) is 24.6 Å². The van der Waals surface area contributed by atoms with E-state index in [0.29, 0.717) is 17.8 Å². The summed E-state index contributed by atoms with van der Waals surface area (Å²) in [4.78, 5) is 14.9. The van der Waals surface area contributed by atoms with Gasteiger partial charge in [-0.15, -0.1) is 24.8 Å². The van der Waals surface area contributed by atoms with Crippen LogP contribution in [0, 0.1) is 12.8 Å². The van der Waals surface area contributed by atoms with Gasteiger partial charge in [-0.25, -0.2) is 0 Å². The fourth-order valence-corrected chi connectivity index (χ4v) is 3.13. The van der Waals surface area contributed by atoms with E-state index in [9.17, 15) is 4.79 Å². The number of halogens is 2. The summed E-state index contributed by atoms with van der Waals surface area (Å²) in [6.07, 6.45) is 2.55. The molecule has 0 saturated carbocycles. The lowest BCUT2D eigenvalue weighted by molar-refractivity contribution is 0.0657. The van der Waals surface area contributed by atoms with Gasteiger partial charge in [-0.3, -0.25) is 9.69 Å². The quantitative estimate of drug-likeness (QED) is 0.789. The Hall–Kier alpha value is -0.970. The van der Waals surface area contributed by atoms with Crippen molar-refractivity contribution in [2.75, 3.05) is 25.4 Å². The molecule has 1 aliphatic heterocycles. The maximum absolute atomic E-state index is 12.4. The number of amides is 1. The van der Waals surface area contributed by atoms with Gasteiger partial charge in [0.15, 0.2) is 0 Å². The summed E-state index contributed by atoms with van der Waals surface area (Å²) >= 11 is 0. The van der Waals surface area contributed by atoms with E-state index in [1.807, 2.05) is 19.1 Å². The Labute approximate surface area is 158 Å². The number of piperidine rings is 1. The van der Waals surface area contributed by atoms with Crippen molar-refractivity contribution in [1.82, 2.24) is 10.2 Å². The fraction of sp³-hybridized carbons (Fsp3) is 0.611. The topological polar surface area (TPSA) is 58.4 Å². The fourth-order valence-electron chi connectivity index (χ4n) is 3.13. The highest BCUT2D eigenvalue weighted by molar-refractivity contribution is 5.96. The Bertz CT molecular complexity index is 549. The van der Waals surface area contributed by atoms with Crippen molar-refractivity contribution in [3.05, 3.63) is 29.3 Å². The molecule has 0 bridgehead atoms. The lowest BCUT2D eigenvalue weighted by Crippen LogP contribution is -2.54. The maximum atomic E-state index is 12.4. The van der Waals surface area contributed by atoms with Gasteiger partial charge in [0.25, 0.3) is 5.91 Å². The second kappa shape index (κ2) is 9.50. The van der Waals surface area contributed by atoms with Gasteiger partial charge in [0.2, 0.25) is 0 Å². The molecule has 0 radical (unpaired) electrons. The van der Waals surface area contributed by atoms with Crippen molar-refractivity contribution >= 4 is 36.4 Å². The van der Waals surface area contributed by atoms with E-state index in [-0.39, 0.29) is 36.3 Å². The summed E-state index contributed by atoms with van der Waals surface area (Å²) in [7, 11) is 0. The molecule has 1 amide bonds. The minimum atomic E-state index is -0.0390. The van der Waals surface area contributed by atoms with Gasteiger partial charge >= 0.3 is 0 Å². The average Bonchev–Trinajstić information content (AvgIpc) is 2.47. The van der Waals surface area contributed by atoms with E-state index in [4.69, 9.17) is 5.73 Å². The Kier molecular flexibility index (Phi) is 9.11. The molecular weight excluding hydrogens is 345 g/mol. The van der Waals surface area contributed by atoms with Gasteiger partial charge in [-0.2, -0.15) is 0 Å². The molecule has 1 aromatic rings. The number of nitrogens with one attached hydrogen (secondary N) is 1. The molecule has 24 heavy (non-hydrogen) atoms. The van der Waals surface area contributed by atoms with Crippen molar-refractivity contribution in [3.8, 4) is 0 Å². The zero-order valence-corrected chi connectivity index (χ0v) is 16.7. The molecule has 1 aromatic carbocycles. The SMILES string of the molecule is Cc1ccc(N)cc1C(=O)NCC(C)(C)N1CCCC(C)C1.Cl.Cl. The number of anilines is 1. The standard InChI is InChI=1S/C18H29N3O.2ClH/c1-13-6-5-9-21(11-13)18(3,4)12-20-17(22)16-10-15(19)8-7-14(16)2;;/h7-8,10,13H,5-6,9,11-12,19H2,1-4H3,(H,20,22);2*1H. The molecular formula is C18H31Cl2N3O. The Balaban J connectivity index is 0.00000264. The third-order valence-electron chi connectivity index (χ3n) is 4.70. The molecule has 2 rings (SSSR count). The largest absolute Gasteiger partial charge is 0.399 e. The minimum absolute atomic E-state index is 0. The number of likely N-dealkylation sites (tertiary alicyclic amines) is 1. The minimum Gasteiger partial charge on any atom is -0.399 e. The van der Waals surface area contributed by atoms with Crippen LogP contribution in [-0.2, 0) is 0 Å². The first-order valence-corrected chi connectivity index (χ1v) is 8.19. The number of carbonyl (C=O) groups is 1. The Morgan fingerprint density at radius 3 is 2.67 bits per heavy atom. The summed E-state index contributed by atoms with van der Waals surface area (Å²) in [5.74, 6) is 0.697. The van der Waals surface area contributed by atoms with Crippen LogP contribution in [-0.4, -0.2) is 36.0 Å². The van der Waals surface area contributed by atoms with Crippen LogP contribution in [0.4, 0.5) is 5.69 Å². The first-order chi connectivity index (χ1) is 10.3. The number of hydrogen-bond acceptors (Lipinski definition) is 3. The first-order valence-electron chi connectivity index (χ1n) is 8.19. The molecule has 3 N–H and O–H groups in total. The molecule has 0 aromatic heterocycles. The van der Waals surface area contributed by atoms with Crippen LogP contribution in [0.2, 0.25) is 0 Å². The van der Waals surface area contributed by atoms with Crippen LogP contribution in [0.5, 0.6) is 0 Å². The summed E-state index contributed by atoms with van der Waals surface area (Å²) in [5.41, 5.74) is 8.01. The molecule has 0 spiro atoms. The third kappa shape index (κ3) is 5.83. The number of carbonyl (C=O) groups excluding carboxylic acids is 1. The number of aryl methyl sites for hydroxylation is 1. The molecule has 0 aliphatic carbocycles. The van der Waals surface area contributed by atoms with E-state index < -0.39 is 0 Å². The second-order valence-electron chi connectivity index (χ2n) is 7.26. The number of rotatable bonds is 4. The highest BCUT2D eigenvalue weighted by Gasteiger charge is 2.30. The number of benzene rings is 1. The number of nitrogen functional groups attached to an aromatic ring is 1. The van der Waals surface area contributed by atoms with Crippen molar-refractivity contribution in [2.24, 2.45) is 5.92 Å². The van der Waals surface area contributed by atoms with E-state index in [1.54, 1.807) is 6.07 Å². The highest BCUT2D eigenvalue weighted by atomic mass is 35.5. The Morgan fingerprint density at radius 1 is 1.38 bits per heavy atom. The Morgan fingerprint density at radius 2 is 2.04 bits per heavy atom. The molecule has 1 unspecified atom stereocenters. The molecule has 4 nitrogen and oxygen atoms in total. The summed E-state index contributed by atoms with van der Waals surface area (Å²) < 4.78 is 0. The van der Waals surface area contributed by atoms with Crippen molar-refractivity contribution in [3.63, 3.8) is 0 Å². The maximum Gasteiger partial charge on any atom is 0.251 e. The van der Waals surface area contributed by atoms with Crippen LogP contribution in [0.25, 0.3) is 0 Å². The molecule has 1 atom stereocenters. The van der Waals surface area contributed by atoms with Gasteiger partial charge in [-0.1, -0.05) is 13.0 Å². The van der Waals surface area contributed by atoms with Crippen molar-refractivity contribution < 1.29 is 4.79 Å². The van der Waals surface area contributed by atoms with Crippen LogP contribution in [0.15, 0.2) is 18.2 Å². The van der Waals surface area contributed by atoms with E-state index in [2.05, 4.69) is 31.0 Å². The summed E-state index contributed by atoms with van der Waals surface area (Å²) in [5, 5.41) is 3.08. The molecule has 1 heterocycles. The number of nitrogens with two attached hydrogens (primary N) is 1. The van der Waals surface area contributed by atoms with Crippen molar-refractivity contribution in [2.45, 2.75) is 46.1 Å². The van der Waals surface area contributed by atoms with Crippen LogP contribution < -0.4 is 11.1 Å².